The molecule has 5 heteroatoms. The number of carbonyl (C=O) groups excluding carboxylic acids is 1. The quantitative estimate of drug-likeness (QED) is 0.848. The van der Waals surface area contributed by atoms with Gasteiger partial charge in [0.1, 0.15) is 0 Å². The number of nitrogens with two attached hydrogens (primary N) is 1. The molecule has 1 heterocycles. The van der Waals surface area contributed by atoms with Crippen molar-refractivity contribution in [1.82, 2.24) is 4.90 Å². The molecule has 0 bridgehead atoms. The molecule has 1 saturated heterocycles. The molecule has 104 valence electrons. The third-order valence-corrected chi connectivity index (χ3v) is 3.92. The molecule has 4 nitrogen and oxygen atoms in total. The molecule has 0 aromatic heterocycles. The normalized spacial score (nSPS) is 23.4. The Balaban J connectivity index is 2.22. The molecule has 0 spiro atoms. The minimum absolute atomic E-state index is 0.0806. The monoisotopic (exact) mass is 282 g/mol. The van der Waals surface area contributed by atoms with Crippen molar-refractivity contribution < 1.29 is 9.53 Å². The summed E-state index contributed by atoms with van der Waals surface area (Å²) in [7, 11) is 1.68. The minimum Gasteiger partial charge on any atom is -0.398 e. The second kappa shape index (κ2) is 5.39. The first kappa shape index (κ1) is 14.2. The lowest BCUT2D eigenvalue weighted by atomic mass is 9.94. The number of nitrogen functional groups attached to an aromatic ring is 1. The maximum atomic E-state index is 12.5. The van der Waals surface area contributed by atoms with Crippen molar-refractivity contribution in [3.8, 4) is 0 Å². The van der Waals surface area contributed by atoms with Crippen LogP contribution in [0.2, 0.25) is 5.02 Å². The molecular formula is C14H19ClN2O2. The van der Waals surface area contributed by atoms with Gasteiger partial charge in [-0.1, -0.05) is 11.6 Å². The van der Waals surface area contributed by atoms with Gasteiger partial charge in [-0.15, -0.1) is 0 Å². The van der Waals surface area contributed by atoms with Gasteiger partial charge in [0.15, 0.2) is 0 Å². The molecule has 1 fully saturated rings. The highest BCUT2D eigenvalue weighted by molar-refractivity contribution is 6.31. The number of benzene rings is 1. The van der Waals surface area contributed by atoms with Gasteiger partial charge in [-0.25, -0.2) is 0 Å². The number of amides is 1. The standard InChI is InChI=1S/C14H19ClN2O2/c1-14(19-2)6-3-7-17(9-14)13(18)11-8-10(15)4-5-12(11)16/h4-5,8H,3,6-7,9,16H2,1-2H3. The van der Waals surface area contributed by atoms with E-state index in [1.54, 1.807) is 30.2 Å². The lowest BCUT2D eigenvalue weighted by Gasteiger charge is -2.39. The predicted octanol–water partition coefficient (Wildman–Crippen LogP) is 2.56. The Morgan fingerprint density at radius 1 is 1.53 bits per heavy atom. The first-order valence-corrected chi connectivity index (χ1v) is 6.72. The average Bonchev–Trinajstić information content (AvgIpc) is 2.41. The minimum atomic E-state index is -0.277. The van der Waals surface area contributed by atoms with Gasteiger partial charge in [0, 0.05) is 30.9 Å². The zero-order chi connectivity index (χ0) is 14.0. The zero-order valence-corrected chi connectivity index (χ0v) is 12.0. The van der Waals surface area contributed by atoms with Gasteiger partial charge >= 0.3 is 0 Å². The fraction of sp³-hybridized carbons (Fsp3) is 0.500. The van der Waals surface area contributed by atoms with Crippen LogP contribution in [0.15, 0.2) is 18.2 Å². The van der Waals surface area contributed by atoms with Crippen LogP contribution in [0, 0.1) is 0 Å². The molecule has 1 unspecified atom stereocenters. The van der Waals surface area contributed by atoms with Crippen molar-refractivity contribution in [2.45, 2.75) is 25.4 Å². The van der Waals surface area contributed by atoms with Crippen LogP contribution < -0.4 is 5.73 Å². The second-order valence-electron chi connectivity index (χ2n) is 5.22. The highest BCUT2D eigenvalue weighted by Crippen LogP contribution is 2.27. The van der Waals surface area contributed by atoms with E-state index in [0.29, 0.717) is 22.8 Å². The Kier molecular flexibility index (Phi) is 4.02. The van der Waals surface area contributed by atoms with E-state index in [-0.39, 0.29) is 11.5 Å². The van der Waals surface area contributed by atoms with E-state index in [0.717, 1.165) is 19.4 Å². The number of ether oxygens (including phenoxy) is 1. The Morgan fingerprint density at radius 2 is 2.26 bits per heavy atom. The van der Waals surface area contributed by atoms with Crippen LogP contribution in [0.1, 0.15) is 30.1 Å². The SMILES string of the molecule is COC1(C)CCCN(C(=O)c2cc(Cl)ccc2N)C1. The largest absolute Gasteiger partial charge is 0.398 e. The van der Waals surface area contributed by atoms with Crippen LogP contribution in [-0.4, -0.2) is 36.6 Å². The summed E-state index contributed by atoms with van der Waals surface area (Å²) in [4.78, 5) is 14.3. The lowest BCUT2D eigenvalue weighted by Crippen LogP contribution is -2.49. The molecule has 0 radical (unpaired) electrons. The summed E-state index contributed by atoms with van der Waals surface area (Å²) in [6.07, 6.45) is 1.88. The number of anilines is 1. The first-order chi connectivity index (χ1) is 8.95. The molecule has 1 atom stereocenters. The average molecular weight is 283 g/mol. The Labute approximate surface area is 118 Å². The van der Waals surface area contributed by atoms with Crippen molar-refractivity contribution in [1.29, 1.82) is 0 Å². The van der Waals surface area contributed by atoms with Crippen LogP contribution in [-0.2, 0) is 4.74 Å². The molecular weight excluding hydrogens is 264 g/mol. The van der Waals surface area contributed by atoms with E-state index in [1.807, 2.05) is 6.92 Å². The van der Waals surface area contributed by atoms with E-state index in [2.05, 4.69) is 0 Å². The third-order valence-electron chi connectivity index (χ3n) is 3.68. The van der Waals surface area contributed by atoms with E-state index < -0.39 is 0 Å². The maximum absolute atomic E-state index is 12.5. The van der Waals surface area contributed by atoms with Gasteiger partial charge in [0.25, 0.3) is 5.91 Å². The number of carbonyl (C=O) groups is 1. The summed E-state index contributed by atoms with van der Waals surface area (Å²) in [6.45, 7) is 3.33. The van der Waals surface area contributed by atoms with Gasteiger partial charge < -0.3 is 15.4 Å². The number of hydrogen-bond acceptors (Lipinski definition) is 3. The summed E-state index contributed by atoms with van der Waals surface area (Å²) < 4.78 is 5.50. The number of rotatable bonds is 2. The number of halogens is 1. The fourth-order valence-corrected chi connectivity index (χ4v) is 2.60. The summed E-state index contributed by atoms with van der Waals surface area (Å²) in [5.41, 5.74) is 6.51. The summed E-state index contributed by atoms with van der Waals surface area (Å²) in [5, 5.41) is 0.518. The number of hydrogen-bond donors (Lipinski definition) is 1. The summed E-state index contributed by atoms with van der Waals surface area (Å²) in [5.74, 6) is -0.0806. The highest BCUT2D eigenvalue weighted by Gasteiger charge is 2.33. The number of nitrogens with zero attached hydrogens (tertiary/aromatic N) is 1. The molecule has 1 aromatic carbocycles. The Hall–Kier alpha value is -1.26. The van der Waals surface area contributed by atoms with Crippen LogP contribution >= 0.6 is 11.6 Å². The van der Waals surface area contributed by atoms with Crippen LogP contribution in [0.3, 0.4) is 0 Å². The number of methoxy groups -OCH3 is 1. The summed E-state index contributed by atoms with van der Waals surface area (Å²) >= 11 is 5.93. The molecule has 1 aliphatic rings. The maximum Gasteiger partial charge on any atom is 0.256 e. The lowest BCUT2D eigenvalue weighted by molar-refractivity contribution is -0.0439. The molecule has 19 heavy (non-hydrogen) atoms. The smallest absolute Gasteiger partial charge is 0.256 e. The molecule has 0 aliphatic carbocycles. The Bertz CT molecular complexity index is 492. The van der Waals surface area contributed by atoms with E-state index in [9.17, 15) is 4.79 Å². The van der Waals surface area contributed by atoms with Crippen molar-refractivity contribution in [3.05, 3.63) is 28.8 Å². The van der Waals surface area contributed by atoms with Crippen LogP contribution in [0.25, 0.3) is 0 Å². The fourth-order valence-electron chi connectivity index (χ4n) is 2.43. The number of likely N-dealkylation sites (tertiary alicyclic amines) is 1. The topological polar surface area (TPSA) is 55.6 Å². The molecule has 0 saturated carbocycles. The van der Waals surface area contributed by atoms with Crippen molar-refractivity contribution in [2.24, 2.45) is 0 Å². The van der Waals surface area contributed by atoms with Crippen molar-refractivity contribution in [3.63, 3.8) is 0 Å². The summed E-state index contributed by atoms with van der Waals surface area (Å²) in [6, 6.07) is 4.97. The van der Waals surface area contributed by atoms with Crippen LogP contribution in [0.5, 0.6) is 0 Å². The van der Waals surface area contributed by atoms with Gasteiger partial charge in [-0.2, -0.15) is 0 Å². The molecule has 2 rings (SSSR count). The third kappa shape index (κ3) is 3.01. The first-order valence-electron chi connectivity index (χ1n) is 6.35. The molecule has 1 amide bonds. The predicted molar refractivity (Wildman–Crippen MR) is 76.4 cm³/mol. The second-order valence-corrected chi connectivity index (χ2v) is 5.65. The molecule has 1 aliphatic heterocycles. The molecule has 2 N–H and O–H groups in total. The van der Waals surface area contributed by atoms with Gasteiger partial charge in [-0.05, 0) is 38.0 Å². The van der Waals surface area contributed by atoms with E-state index >= 15 is 0 Å². The Morgan fingerprint density at radius 3 is 2.95 bits per heavy atom. The van der Waals surface area contributed by atoms with Crippen LogP contribution in [0.4, 0.5) is 5.69 Å². The highest BCUT2D eigenvalue weighted by atomic mass is 35.5. The van der Waals surface area contributed by atoms with Gasteiger partial charge in [-0.3, -0.25) is 4.79 Å². The van der Waals surface area contributed by atoms with Gasteiger partial charge in [0.2, 0.25) is 0 Å². The van der Waals surface area contributed by atoms with Crippen molar-refractivity contribution in [2.75, 3.05) is 25.9 Å². The van der Waals surface area contributed by atoms with Gasteiger partial charge in [0.05, 0.1) is 11.2 Å². The van der Waals surface area contributed by atoms with Crippen molar-refractivity contribution >= 4 is 23.2 Å². The van der Waals surface area contributed by atoms with E-state index in [1.165, 1.54) is 0 Å². The number of piperidine rings is 1. The zero-order valence-electron chi connectivity index (χ0n) is 11.3. The van der Waals surface area contributed by atoms with E-state index in [4.69, 9.17) is 22.1 Å². The molecule has 1 aromatic rings.